The Morgan fingerprint density at radius 3 is 2.47 bits per heavy atom. The Hall–Kier alpha value is -1.04. The van der Waals surface area contributed by atoms with Crippen LogP contribution in [0.25, 0.3) is 0 Å². The first-order valence-electron chi connectivity index (χ1n) is 6.48. The number of aliphatic carboxylic acids is 1. The molecule has 1 heterocycles. The van der Waals surface area contributed by atoms with Crippen LogP contribution < -0.4 is 5.73 Å². The van der Waals surface area contributed by atoms with E-state index in [1.807, 2.05) is 18.2 Å². The highest BCUT2D eigenvalue weighted by molar-refractivity contribution is 7.82. The first-order valence-corrected chi connectivity index (χ1v) is 6.93. The molecule has 1 fully saturated rings. The van der Waals surface area contributed by atoms with Crippen molar-refractivity contribution in [2.24, 2.45) is 5.73 Å². The summed E-state index contributed by atoms with van der Waals surface area (Å²) < 4.78 is -0.584. The van der Waals surface area contributed by atoms with Crippen LogP contribution in [0.15, 0.2) is 30.3 Å². The number of carboxylic acid groups (broad SMARTS) is 1. The van der Waals surface area contributed by atoms with Crippen molar-refractivity contribution in [1.82, 2.24) is 4.90 Å². The van der Waals surface area contributed by atoms with Gasteiger partial charge in [0, 0.05) is 11.3 Å². The Balaban J connectivity index is 1.90. The van der Waals surface area contributed by atoms with E-state index in [-0.39, 0.29) is 0 Å². The largest absolute Gasteiger partial charge is 0.480 e. The van der Waals surface area contributed by atoms with Gasteiger partial charge in [0.05, 0.1) is 0 Å². The van der Waals surface area contributed by atoms with Crippen LogP contribution in [-0.4, -0.2) is 39.9 Å². The maximum Gasteiger partial charge on any atom is 0.321 e. The molecule has 1 aromatic carbocycles. The Morgan fingerprint density at radius 1 is 1.37 bits per heavy atom. The lowest BCUT2D eigenvalue weighted by atomic mass is 9.88. The Kier molecular flexibility index (Phi) is 4.50. The van der Waals surface area contributed by atoms with Crippen molar-refractivity contribution in [2.75, 3.05) is 13.1 Å². The number of carboxylic acids is 1. The second-order valence-electron chi connectivity index (χ2n) is 5.18. The van der Waals surface area contributed by atoms with E-state index in [4.69, 9.17) is 10.8 Å². The van der Waals surface area contributed by atoms with Gasteiger partial charge in [0.1, 0.15) is 6.04 Å². The third-order valence-corrected chi connectivity index (χ3v) is 4.54. The number of rotatable bonds is 4. The van der Waals surface area contributed by atoms with Crippen LogP contribution in [0.2, 0.25) is 0 Å². The lowest BCUT2D eigenvalue weighted by Gasteiger charge is -2.40. The molecule has 5 heteroatoms. The summed E-state index contributed by atoms with van der Waals surface area (Å²) in [5.74, 6) is -0.966. The molecule has 4 nitrogen and oxygen atoms in total. The standard InChI is InChI=1S/C14H20N2O2S/c15-12(13(17)18)14(19)6-8-16(9-7-14)10-11-4-2-1-3-5-11/h1-5,12,19H,6-10,15H2,(H,17,18). The summed E-state index contributed by atoms with van der Waals surface area (Å²) in [6, 6.07) is 9.38. The summed E-state index contributed by atoms with van der Waals surface area (Å²) in [4.78, 5) is 13.3. The molecule has 0 bridgehead atoms. The van der Waals surface area contributed by atoms with E-state index < -0.39 is 16.8 Å². The van der Waals surface area contributed by atoms with Crippen molar-refractivity contribution in [3.8, 4) is 0 Å². The number of nitrogens with zero attached hydrogens (tertiary/aromatic N) is 1. The molecule has 1 saturated heterocycles. The minimum atomic E-state index is -0.966. The quantitative estimate of drug-likeness (QED) is 0.729. The van der Waals surface area contributed by atoms with Crippen molar-refractivity contribution < 1.29 is 9.90 Å². The van der Waals surface area contributed by atoms with Crippen LogP contribution in [0.3, 0.4) is 0 Å². The van der Waals surface area contributed by atoms with Gasteiger partial charge >= 0.3 is 5.97 Å². The number of hydrogen-bond donors (Lipinski definition) is 3. The third-order valence-electron chi connectivity index (χ3n) is 3.82. The van der Waals surface area contributed by atoms with Crippen molar-refractivity contribution in [3.63, 3.8) is 0 Å². The zero-order valence-electron chi connectivity index (χ0n) is 10.8. The highest BCUT2D eigenvalue weighted by Gasteiger charge is 2.40. The monoisotopic (exact) mass is 280 g/mol. The highest BCUT2D eigenvalue weighted by atomic mass is 32.1. The summed E-state index contributed by atoms with van der Waals surface area (Å²) in [5, 5.41) is 9.01. The van der Waals surface area contributed by atoms with Gasteiger partial charge in [-0.2, -0.15) is 12.6 Å². The molecule has 104 valence electrons. The SMILES string of the molecule is NC(C(=O)O)C1(S)CCN(Cc2ccccc2)CC1. The smallest absolute Gasteiger partial charge is 0.321 e. The van der Waals surface area contributed by atoms with Crippen LogP contribution in [0, 0.1) is 0 Å². The van der Waals surface area contributed by atoms with E-state index in [0.29, 0.717) is 12.8 Å². The predicted molar refractivity (Wildman–Crippen MR) is 78.3 cm³/mol. The van der Waals surface area contributed by atoms with E-state index >= 15 is 0 Å². The molecule has 1 aromatic rings. The topological polar surface area (TPSA) is 66.6 Å². The Morgan fingerprint density at radius 2 is 1.95 bits per heavy atom. The van der Waals surface area contributed by atoms with Gasteiger partial charge in [0.25, 0.3) is 0 Å². The second kappa shape index (κ2) is 5.94. The zero-order chi connectivity index (χ0) is 13.9. The Bertz CT molecular complexity index is 430. The van der Waals surface area contributed by atoms with Gasteiger partial charge in [-0.05, 0) is 31.5 Å². The van der Waals surface area contributed by atoms with Gasteiger partial charge < -0.3 is 10.8 Å². The number of nitrogens with two attached hydrogens (primary N) is 1. The van der Waals surface area contributed by atoms with Crippen LogP contribution in [0.4, 0.5) is 0 Å². The van der Waals surface area contributed by atoms with E-state index in [1.165, 1.54) is 5.56 Å². The maximum atomic E-state index is 11.0. The number of likely N-dealkylation sites (tertiary alicyclic amines) is 1. The molecule has 0 radical (unpaired) electrons. The van der Waals surface area contributed by atoms with Gasteiger partial charge in [-0.3, -0.25) is 9.69 Å². The fourth-order valence-corrected chi connectivity index (χ4v) is 2.79. The average Bonchev–Trinajstić information content (AvgIpc) is 2.42. The normalized spacial score (nSPS) is 20.9. The first kappa shape index (κ1) is 14.4. The molecular formula is C14H20N2O2S. The van der Waals surface area contributed by atoms with E-state index in [2.05, 4.69) is 29.7 Å². The lowest BCUT2D eigenvalue weighted by Crippen LogP contribution is -2.54. The summed E-state index contributed by atoms with van der Waals surface area (Å²) in [6.45, 7) is 2.56. The van der Waals surface area contributed by atoms with E-state index in [0.717, 1.165) is 19.6 Å². The highest BCUT2D eigenvalue weighted by Crippen LogP contribution is 2.32. The van der Waals surface area contributed by atoms with E-state index in [1.54, 1.807) is 0 Å². The lowest BCUT2D eigenvalue weighted by molar-refractivity contribution is -0.139. The van der Waals surface area contributed by atoms with Gasteiger partial charge in [0.15, 0.2) is 0 Å². The van der Waals surface area contributed by atoms with E-state index in [9.17, 15) is 4.79 Å². The number of thiol groups is 1. The van der Waals surface area contributed by atoms with Gasteiger partial charge in [-0.25, -0.2) is 0 Å². The average molecular weight is 280 g/mol. The summed E-state index contributed by atoms with van der Waals surface area (Å²) in [6.07, 6.45) is 1.41. The van der Waals surface area contributed by atoms with Crippen molar-refractivity contribution in [1.29, 1.82) is 0 Å². The Labute approximate surface area is 119 Å². The molecule has 0 saturated carbocycles. The molecule has 1 aliphatic rings. The van der Waals surface area contributed by atoms with Gasteiger partial charge in [-0.15, -0.1) is 0 Å². The third kappa shape index (κ3) is 3.49. The molecule has 1 atom stereocenters. The molecular weight excluding hydrogens is 260 g/mol. The number of hydrogen-bond acceptors (Lipinski definition) is 4. The number of benzene rings is 1. The maximum absolute atomic E-state index is 11.0. The first-order chi connectivity index (χ1) is 9.01. The van der Waals surface area contributed by atoms with Gasteiger partial charge in [-0.1, -0.05) is 30.3 Å². The minimum absolute atomic E-state index is 0.584. The molecule has 1 aliphatic heterocycles. The minimum Gasteiger partial charge on any atom is -0.480 e. The van der Waals surface area contributed by atoms with Crippen LogP contribution in [0.1, 0.15) is 18.4 Å². The molecule has 0 aromatic heterocycles. The summed E-state index contributed by atoms with van der Waals surface area (Å²) >= 11 is 4.52. The fourth-order valence-electron chi connectivity index (χ4n) is 2.48. The van der Waals surface area contributed by atoms with Crippen LogP contribution >= 0.6 is 12.6 Å². The van der Waals surface area contributed by atoms with Crippen molar-refractivity contribution in [2.45, 2.75) is 30.2 Å². The van der Waals surface area contributed by atoms with Crippen molar-refractivity contribution >= 4 is 18.6 Å². The fraction of sp³-hybridized carbons (Fsp3) is 0.500. The summed E-state index contributed by atoms with van der Waals surface area (Å²) in [5.41, 5.74) is 7.00. The van der Waals surface area contributed by atoms with Crippen LogP contribution in [-0.2, 0) is 11.3 Å². The molecule has 19 heavy (non-hydrogen) atoms. The predicted octanol–water partition coefficient (Wildman–Crippen LogP) is 1.36. The zero-order valence-corrected chi connectivity index (χ0v) is 11.7. The molecule has 0 spiro atoms. The molecule has 0 amide bonds. The molecule has 0 aliphatic carbocycles. The summed E-state index contributed by atoms with van der Waals surface area (Å²) in [7, 11) is 0. The second-order valence-corrected chi connectivity index (χ2v) is 6.07. The number of piperidine rings is 1. The van der Waals surface area contributed by atoms with Gasteiger partial charge in [0.2, 0.25) is 0 Å². The molecule has 1 unspecified atom stereocenters. The molecule has 3 N–H and O–H groups in total. The van der Waals surface area contributed by atoms with Crippen molar-refractivity contribution in [3.05, 3.63) is 35.9 Å². The molecule has 2 rings (SSSR count). The number of carbonyl (C=O) groups is 1. The van der Waals surface area contributed by atoms with Crippen LogP contribution in [0.5, 0.6) is 0 Å².